The van der Waals surface area contributed by atoms with Gasteiger partial charge < -0.3 is 15.0 Å². The van der Waals surface area contributed by atoms with Crippen LogP contribution in [-0.4, -0.2) is 29.1 Å². The molecule has 2 aromatic rings. The van der Waals surface area contributed by atoms with Gasteiger partial charge in [-0.3, -0.25) is 0 Å². The highest BCUT2D eigenvalue weighted by molar-refractivity contribution is 7.15. The smallest absolute Gasteiger partial charge is 0.369 e. The number of carbonyl (C=O) groups is 1. The summed E-state index contributed by atoms with van der Waals surface area (Å²) in [6.45, 7) is 13.6. The second-order valence-electron chi connectivity index (χ2n) is 8.81. The second kappa shape index (κ2) is 10.4. The highest BCUT2D eigenvalue weighted by Crippen LogP contribution is 2.37. The summed E-state index contributed by atoms with van der Waals surface area (Å²) in [5.41, 5.74) is 2.50. The largest absolute Gasteiger partial charge is 0.445 e. The average molecular weight is 457 g/mol. The van der Waals surface area contributed by atoms with Crippen molar-refractivity contribution in [2.24, 2.45) is 11.8 Å². The molecule has 1 N–H and O–H groups in total. The fourth-order valence-corrected chi connectivity index (χ4v) is 4.06. The maximum absolute atomic E-state index is 13.0. The van der Waals surface area contributed by atoms with Crippen molar-refractivity contribution in [3.63, 3.8) is 0 Å². The van der Waals surface area contributed by atoms with Crippen molar-refractivity contribution in [2.45, 2.75) is 60.1 Å². The van der Waals surface area contributed by atoms with E-state index in [1.54, 1.807) is 6.92 Å². The van der Waals surface area contributed by atoms with Crippen LogP contribution >= 0.6 is 11.3 Å². The molecule has 0 saturated heterocycles. The number of nitrogens with zero attached hydrogens (tertiary/aromatic N) is 3. The van der Waals surface area contributed by atoms with Crippen LogP contribution in [0.25, 0.3) is 0 Å². The Labute approximate surface area is 186 Å². The van der Waals surface area contributed by atoms with Gasteiger partial charge in [-0.05, 0) is 42.4 Å². The number of alkyl halides is 3. The third-order valence-corrected chi connectivity index (χ3v) is 5.49. The van der Waals surface area contributed by atoms with Crippen LogP contribution in [0.5, 0.6) is 0 Å². The first-order chi connectivity index (χ1) is 14.4. The van der Waals surface area contributed by atoms with E-state index in [4.69, 9.17) is 0 Å². The van der Waals surface area contributed by atoms with Crippen LogP contribution in [0, 0.1) is 11.8 Å². The summed E-state index contributed by atoms with van der Waals surface area (Å²) < 4.78 is 38.9. The number of anilines is 3. The summed E-state index contributed by atoms with van der Waals surface area (Å²) in [6, 6.07) is 5.87. The molecule has 0 radical (unpaired) electrons. The fraction of sp³-hybridized carbons (Fsp3) is 0.591. The van der Waals surface area contributed by atoms with Gasteiger partial charge in [-0.2, -0.15) is 13.2 Å². The lowest BCUT2D eigenvalue weighted by molar-refractivity contribution is -0.138. The lowest BCUT2D eigenvalue weighted by Gasteiger charge is -2.31. The van der Waals surface area contributed by atoms with E-state index in [-0.39, 0.29) is 16.8 Å². The molecule has 0 amide bonds. The van der Waals surface area contributed by atoms with Gasteiger partial charge in [-0.15, -0.1) is 10.2 Å². The molecule has 1 heterocycles. The summed E-state index contributed by atoms with van der Waals surface area (Å²) in [5, 5.41) is 9.12. The Hall–Kier alpha value is -2.16. The van der Waals surface area contributed by atoms with Gasteiger partial charge in [-0.1, -0.05) is 52.0 Å². The molecular weight excluding hydrogens is 425 g/mol. The van der Waals surface area contributed by atoms with Crippen molar-refractivity contribution in [3.8, 4) is 0 Å². The van der Waals surface area contributed by atoms with Gasteiger partial charge in [0.05, 0.1) is 11.4 Å². The summed E-state index contributed by atoms with van der Waals surface area (Å²) in [5.74, 6) is 0.893. The molecular formula is C22H31F3N4OS. The highest BCUT2D eigenvalue weighted by atomic mass is 32.1. The van der Waals surface area contributed by atoms with Gasteiger partial charge in [0.15, 0.2) is 0 Å². The Kier molecular flexibility index (Phi) is 8.45. The number of carbonyl (C=O) groups excluding carboxylic acids is 1. The molecule has 0 spiro atoms. The van der Waals surface area contributed by atoms with Crippen LogP contribution < -0.4 is 10.2 Å². The zero-order valence-electron chi connectivity index (χ0n) is 18.9. The molecule has 0 unspecified atom stereocenters. The molecule has 9 heteroatoms. The van der Waals surface area contributed by atoms with Crippen molar-refractivity contribution >= 4 is 33.6 Å². The lowest BCUT2D eigenvalue weighted by atomic mass is 9.95. The van der Waals surface area contributed by atoms with Crippen LogP contribution in [0.15, 0.2) is 18.2 Å². The number of rotatable bonds is 10. The molecule has 1 aromatic carbocycles. The SMILES string of the molecule is CC(=O)C[C@@H](C)c1ccc(N(CC(C)C)CC(C)C)c(Nc2nnc(C(F)(F)F)s2)c1. The highest BCUT2D eigenvalue weighted by Gasteiger charge is 2.35. The van der Waals surface area contributed by atoms with Gasteiger partial charge in [0, 0.05) is 19.5 Å². The van der Waals surface area contributed by atoms with Crippen molar-refractivity contribution in [2.75, 3.05) is 23.3 Å². The summed E-state index contributed by atoms with van der Waals surface area (Å²) >= 11 is 0.477. The Balaban J connectivity index is 2.47. The van der Waals surface area contributed by atoms with Crippen LogP contribution in [0.1, 0.15) is 64.5 Å². The molecule has 1 atom stereocenters. The van der Waals surface area contributed by atoms with Crippen molar-refractivity contribution < 1.29 is 18.0 Å². The third kappa shape index (κ3) is 7.48. The van der Waals surface area contributed by atoms with E-state index in [1.807, 2.05) is 25.1 Å². The Morgan fingerprint density at radius 1 is 1.10 bits per heavy atom. The molecule has 0 saturated carbocycles. The lowest BCUT2D eigenvalue weighted by Crippen LogP contribution is -2.31. The molecule has 172 valence electrons. The molecule has 31 heavy (non-hydrogen) atoms. The first-order valence-electron chi connectivity index (χ1n) is 10.4. The number of hydrogen-bond acceptors (Lipinski definition) is 6. The van der Waals surface area contributed by atoms with Crippen molar-refractivity contribution in [3.05, 3.63) is 28.8 Å². The Morgan fingerprint density at radius 2 is 1.71 bits per heavy atom. The molecule has 0 bridgehead atoms. The Morgan fingerprint density at radius 3 is 2.19 bits per heavy atom. The predicted octanol–water partition coefficient (Wildman–Crippen LogP) is 6.50. The fourth-order valence-electron chi connectivity index (χ4n) is 3.44. The molecule has 2 rings (SSSR count). The number of benzene rings is 1. The normalized spacial score (nSPS) is 13.0. The first kappa shape index (κ1) is 25.1. The van der Waals surface area contributed by atoms with Crippen molar-refractivity contribution in [1.82, 2.24) is 10.2 Å². The topological polar surface area (TPSA) is 58.1 Å². The Bertz CT molecular complexity index is 870. The van der Waals surface area contributed by atoms with Gasteiger partial charge in [0.25, 0.3) is 0 Å². The minimum absolute atomic E-state index is 0.00379. The average Bonchev–Trinajstić information content (AvgIpc) is 3.08. The van der Waals surface area contributed by atoms with E-state index in [9.17, 15) is 18.0 Å². The molecule has 0 aliphatic heterocycles. The maximum atomic E-state index is 13.0. The van der Waals surface area contributed by atoms with Gasteiger partial charge in [-0.25, -0.2) is 0 Å². The minimum Gasteiger partial charge on any atom is -0.369 e. The van der Waals surface area contributed by atoms with Crippen LogP contribution in [0.2, 0.25) is 0 Å². The van der Waals surface area contributed by atoms with E-state index in [1.165, 1.54) is 0 Å². The third-order valence-electron chi connectivity index (χ3n) is 4.60. The van der Waals surface area contributed by atoms with Crippen LogP contribution in [0.4, 0.5) is 29.7 Å². The van der Waals surface area contributed by atoms with Crippen LogP contribution in [0.3, 0.4) is 0 Å². The van der Waals surface area contributed by atoms with Crippen molar-refractivity contribution in [1.29, 1.82) is 0 Å². The zero-order valence-corrected chi connectivity index (χ0v) is 19.7. The first-order valence-corrected chi connectivity index (χ1v) is 11.2. The van der Waals surface area contributed by atoms with E-state index in [2.05, 4.69) is 48.1 Å². The number of nitrogens with one attached hydrogen (secondary N) is 1. The molecule has 0 aliphatic rings. The summed E-state index contributed by atoms with van der Waals surface area (Å²) in [4.78, 5) is 13.8. The van der Waals surface area contributed by atoms with E-state index in [0.717, 1.165) is 24.3 Å². The number of aromatic nitrogens is 2. The van der Waals surface area contributed by atoms with Gasteiger partial charge >= 0.3 is 6.18 Å². The molecule has 0 fully saturated rings. The molecule has 1 aromatic heterocycles. The standard InChI is InChI=1S/C22H31F3N4OS/c1-13(2)11-29(12-14(3)4)19-8-7-17(15(5)9-16(6)30)10-18(19)26-21-28-27-20(31-21)22(23,24)25/h7-8,10,13-15H,9,11-12H2,1-6H3,(H,26,28)/t15-/m1/s1. The van der Waals surface area contributed by atoms with E-state index in [0.29, 0.717) is 35.3 Å². The number of hydrogen-bond donors (Lipinski definition) is 1. The monoisotopic (exact) mass is 456 g/mol. The summed E-state index contributed by atoms with van der Waals surface area (Å²) in [7, 11) is 0. The quantitative estimate of drug-likeness (QED) is 0.442. The van der Waals surface area contributed by atoms with Gasteiger partial charge in [0.1, 0.15) is 5.78 Å². The second-order valence-corrected chi connectivity index (χ2v) is 9.79. The summed E-state index contributed by atoms with van der Waals surface area (Å²) in [6.07, 6.45) is -4.13. The van der Waals surface area contributed by atoms with E-state index < -0.39 is 11.2 Å². The van der Waals surface area contributed by atoms with Crippen LogP contribution in [-0.2, 0) is 11.0 Å². The zero-order chi connectivity index (χ0) is 23.3. The minimum atomic E-state index is -4.53. The molecule has 5 nitrogen and oxygen atoms in total. The number of Topliss-reactive ketones (excluding diaryl/α,β-unsaturated/α-hetero) is 1. The maximum Gasteiger partial charge on any atom is 0.445 e. The predicted molar refractivity (Wildman–Crippen MR) is 120 cm³/mol. The van der Waals surface area contributed by atoms with E-state index >= 15 is 0 Å². The number of ketones is 1. The molecule has 0 aliphatic carbocycles. The number of halogens is 3. The van der Waals surface area contributed by atoms with Gasteiger partial charge in [0.2, 0.25) is 10.1 Å².